The van der Waals surface area contributed by atoms with E-state index >= 15 is 0 Å². The molecule has 6 heteroatoms. The van der Waals surface area contributed by atoms with Crippen LogP contribution in [0.25, 0.3) is 0 Å². The maximum Gasteiger partial charge on any atom is 0.191 e. The van der Waals surface area contributed by atoms with Gasteiger partial charge in [0.1, 0.15) is 0 Å². The number of rotatable bonds is 11. The van der Waals surface area contributed by atoms with Gasteiger partial charge in [-0.15, -0.1) is 0 Å². The van der Waals surface area contributed by atoms with E-state index in [1.807, 2.05) is 6.07 Å². The number of hydrogen-bond donors (Lipinski definition) is 2. The molecule has 1 aromatic carbocycles. The zero-order valence-electron chi connectivity index (χ0n) is 14.5. The van der Waals surface area contributed by atoms with Crippen LogP contribution >= 0.6 is 0 Å². The molecule has 1 rings (SSSR count). The van der Waals surface area contributed by atoms with Crippen molar-refractivity contribution in [1.82, 2.24) is 10.6 Å². The Morgan fingerprint density at radius 1 is 1.09 bits per heavy atom. The van der Waals surface area contributed by atoms with Crippen LogP contribution in [0.4, 0.5) is 5.69 Å². The lowest BCUT2D eigenvalue weighted by Crippen LogP contribution is -2.41. The highest BCUT2D eigenvalue weighted by Crippen LogP contribution is 2.09. The average Bonchev–Trinajstić information content (AvgIpc) is 2.60. The van der Waals surface area contributed by atoms with Crippen LogP contribution in [0.5, 0.6) is 0 Å². The van der Waals surface area contributed by atoms with Crippen LogP contribution in [0.1, 0.15) is 6.42 Å². The monoisotopic (exact) mass is 322 g/mol. The van der Waals surface area contributed by atoms with Gasteiger partial charge in [-0.05, 0) is 18.6 Å². The van der Waals surface area contributed by atoms with Crippen LogP contribution < -0.4 is 15.5 Å². The summed E-state index contributed by atoms with van der Waals surface area (Å²) in [4.78, 5) is 6.43. The molecule has 0 bridgehead atoms. The number of ether oxygens (including phenoxy) is 2. The van der Waals surface area contributed by atoms with Crippen LogP contribution in [0.3, 0.4) is 0 Å². The van der Waals surface area contributed by atoms with Crippen molar-refractivity contribution in [3.63, 3.8) is 0 Å². The molecule has 0 spiro atoms. The Hall–Kier alpha value is -1.79. The normalized spacial score (nSPS) is 11.3. The highest BCUT2D eigenvalue weighted by atomic mass is 16.5. The first kappa shape index (κ1) is 19.3. The Labute approximate surface area is 139 Å². The van der Waals surface area contributed by atoms with Crippen molar-refractivity contribution in [1.29, 1.82) is 0 Å². The number of guanidine groups is 1. The van der Waals surface area contributed by atoms with Crippen molar-refractivity contribution in [2.45, 2.75) is 6.42 Å². The average molecular weight is 322 g/mol. The first-order chi connectivity index (χ1) is 11.3. The van der Waals surface area contributed by atoms with E-state index in [0.717, 1.165) is 38.6 Å². The standard InChI is InChI=1S/C17H30N4O2/c1-18-17(19-10-7-13-23-15-14-22-3)20-11-12-21(2)16-8-5-4-6-9-16/h4-6,8-9H,7,10-15H2,1-3H3,(H2,18,19,20). The largest absolute Gasteiger partial charge is 0.382 e. The molecule has 0 amide bonds. The molecule has 0 saturated carbocycles. The third-order valence-corrected chi connectivity index (χ3v) is 3.35. The molecule has 1 aromatic rings. The van der Waals surface area contributed by atoms with Crippen molar-refractivity contribution < 1.29 is 9.47 Å². The lowest BCUT2D eigenvalue weighted by molar-refractivity contribution is 0.0698. The van der Waals surface area contributed by atoms with Gasteiger partial charge in [0.25, 0.3) is 0 Å². The Morgan fingerprint density at radius 2 is 1.83 bits per heavy atom. The van der Waals surface area contributed by atoms with Crippen molar-refractivity contribution in [2.75, 3.05) is 65.6 Å². The van der Waals surface area contributed by atoms with Crippen LogP contribution in [-0.4, -0.2) is 66.6 Å². The lowest BCUT2D eigenvalue weighted by Gasteiger charge is -2.20. The summed E-state index contributed by atoms with van der Waals surface area (Å²) in [7, 11) is 5.55. The summed E-state index contributed by atoms with van der Waals surface area (Å²) in [6, 6.07) is 10.3. The predicted molar refractivity (Wildman–Crippen MR) is 96.4 cm³/mol. The van der Waals surface area contributed by atoms with E-state index in [0.29, 0.717) is 13.2 Å². The molecule has 0 aliphatic rings. The molecule has 130 valence electrons. The molecule has 0 fully saturated rings. The van der Waals surface area contributed by atoms with Crippen molar-refractivity contribution in [3.05, 3.63) is 30.3 Å². The summed E-state index contributed by atoms with van der Waals surface area (Å²) in [6.45, 7) is 4.59. The second kappa shape index (κ2) is 12.7. The minimum absolute atomic E-state index is 0.644. The van der Waals surface area contributed by atoms with E-state index in [-0.39, 0.29) is 0 Å². The SMILES string of the molecule is CN=C(NCCCOCCOC)NCCN(C)c1ccccc1. The van der Waals surface area contributed by atoms with Crippen LogP contribution in [-0.2, 0) is 9.47 Å². The van der Waals surface area contributed by atoms with E-state index in [1.165, 1.54) is 5.69 Å². The smallest absolute Gasteiger partial charge is 0.191 e. The fourth-order valence-corrected chi connectivity index (χ4v) is 2.00. The number of para-hydroxylation sites is 1. The summed E-state index contributed by atoms with van der Waals surface area (Å²) in [6.07, 6.45) is 0.939. The predicted octanol–water partition coefficient (Wildman–Crippen LogP) is 1.34. The number of aliphatic imine (C=N–C) groups is 1. The molecule has 6 nitrogen and oxygen atoms in total. The van der Waals surface area contributed by atoms with Gasteiger partial charge >= 0.3 is 0 Å². The van der Waals surface area contributed by atoms with Gasteiger partial charge in [-0.3, -0.25) is 4.99 Å². The molecule has 0 aromatic heterocycles. The maximum atomic E-state index is 5.42. The molecule has 0 heterocycles. The molecule has 0 aliphatic carbocycles. The van der Waals surface area contributed by atoms with E-state index in [9.17, 15) is 0 Å². The third-order valence-electron chi connectivity index (χ3n) is 3.35. The second-order valence-corrected chi connectivity index (χ2v) is 5.14. The summed E-state index contributed by atoms with van der Waals surface area (Å²) in [5.41, 5.74) is 1.21. The number of likely N-dealkylation sites (N-methyl/N-ethyl adjacent to an activating group) is 1. The Morgan fingerprint density at radius 3 is 2.52 bits per heavy atom. The van der Waals surface area contributed by atoms with E-state index in [2.05, 4.69) is 51.8 Å². The van der Waals surface area contributed by atoms with Crippen molar-refractivity contribution >= 4 is 11.6 Å². The van der Waals surface area contributed by atoms with Gasteiger partial charge in [-0.1, -0.05) is 18.2 Å². The van der Waals surface area contributed by atoms with Gasteiger partial charge in [0.2, 0.25) is 0 Å². The molecule has 0 aliphatic heterocycles. The Balaban J connectivity index is 2.10. The summed E-state index contributed by atoms with van der Waals surface area (Å²) < 4.78 is 10.3. The first-order valence-corrected chi connectivity index (χ1v) is 8.05. The maximum absolute atomic E-state index is 5.42. The Bertz CT molecular complexity index is 426. The van der Waals surface area contributed by atoms with E-state index in [1.54, 1.807) is 14.2 Å². The Kier molecular flexibility index (Phi) is 10.7. The molecule has 0 saturated heterocycles. The summed E-state index contributed by atoms with van der Waals surface area (Å²) >= 11 is 0. The number of methoxy groups -OCH3 is 1. The fourth-order valence-electron chi connectivity index (χ4n) is 2.00. The minimum Gasteiger partial charge on any atom is -0.382 e. The van der Waals surface area contributed by atoms with Gasteiger partial charge in [0, 0.05) is 53.1 Å². The molecule has 23 heavy (non-hydrogen) atoms. The lowest BCUT2D eigenvalue weighted by atomic mass is 10.3. The highest BCUT2D eigenvalue weighted by molar-refractivity contribution is 5.79. The number of nitrogens with zero attached hydrogens (tertiary/aromatic N) is 2. The van der Waals surface area contributed by atoms with Gasteiger partial charge in [-0.2, -0.15) is 0 Å². The van der Waals surface area contributed by atoms with Gasteiger partial charge in [0.05, 0.1) is 13.2 Å². The quantitative estimate of drug-likeness (QED) is 0.366. The topological polar surface area (TPSA) is 58.1 Å². The summed E-state index contributed by atoms with van der Waals surface area (Å²) in [5.74, 6) is 0.823. The van der Waals surface area contributed by atoms with E-state index in [4.69, 9.17) is 9.47 Å². The zero-order valence-corrected chi connectivity index (χ0v) is 14.5. The van der Waals surface area contributed by atoms with Gasteiger partial charge in [0.15, 0.2) is 5.96 Å². The van der Waals surface area contributed by atoms with Crippen molar-refractivity contribution in [3.8, 4) is 0 Å². The second-order valence-electron chi connectivity index (χ2n) is 5.14. The minimum atomic E-state index is 0.644. The zero-order chi connectivity index (χ0) is 16.8. The number of nitrogens with one attached hydrogen (secondary N) is 2. The number of benzene rings is 1. The highest BCUT2D eigenvalue weighted by Gasteiger charge is 2.01. The first-order valence-electron chi connectivity index (χ1n) is 8.05. The summed E-state index contributed by atoms with van der Waals surface area (Å²) in [5, 5.41) is 6.60. The van der Waals surface area contributed by atoms with Crippen LogP contribution in [0, 0.1) is 0 Å². The number of anilines is 1. The molecule has 2 N–H and O–H groups in total. The molecule has 0 atom stereocenters. The third kappa shape index (κ3) is 9.05. The molecular formula is C17H30N4O2. The number of hydrogen-bond acceptors (Lipinski definition) is 4. The van der Waals surface area contributed by atoms with Gasteiger partial charge in [-0.25, -0.2) is 0 Å². The van der Waals surface area contributed by atoms with Crippen LogP contribution in [0.2, 0.25) is 0 Å². The van der Waals surface area contributed by atoms with E-state index < -0.39 is 0 Å². The molecular weight excluding hydrogens is 292 g/mol. The van der Waals surface area contributed by atoms with Crippen molar-refractivity contribution in [2.24, 2.45) is 4.99 Å². The van der Waals surface area contributed by atoms with Gasteiger partial charge < -0.3 is 25.0 Å². The van der Waals surface area contributed by atoms with Crippen LogP contribution in [0.15, 0.2) is 35.3 Å². The molecule has 0 unspecified atom stereocenters. The fraction of sp³-hybridized carbons (Fsp3) is 0.588. The molecule has 0 radical (unpaired) electrons.